The number of aliphatic hydroxyl groups excluding tert-OH is 1. The highest BCUT2D eigenvalue weighted by Gasteiger charge is 2.10. The Morgan fingerprint density at radius 1 is 1.38 bits per heavy atom. The van der Waals surface area contributed by atoms with Gasteiger partial charge in [0, 0.05) is 0 Å². The molecule has 0 unspecified atom stereocenters. The van der Waals surface area contributed by atoms with E-state index in [0.717, 1.165) is 22.5 Å². The maximum absolute atomic E-state index is 8.82. The summed E-state index contributed by atoms with van der Waals surface area (Å²) in [6.45, 7) is 4.26. The highest BCUT2D eigenvalue weighted by Crippen LogP contribution is 2.22. The van der Waals surface area contributed by atoms with E-state index in [1.807, 2.05) is 36.7 Å². The molecule has 0 spiro atoms. The van der Waals surface area contributed by atoms with Gasteiger partial charge in [-0.25, -0.2) is 0 Å². The number of aryl methyl sites for hydroxylation is 1. The minimum Gasteiger partial charge on any atom is -0.495 e. The van der Waals surface area contributed by atoms with Crippen LogP contribution in [0.3, 0.4) is 0 Å². The Bertz CT molecular complexity index is 711. The van der Waals surface area contributed by atoms with Crippen LogP contribution in [0.1, 0.15) is 22.5 Å². The van der Waals surface area contributed by atoms with Crippen LogP contribution in [-0.2, 0) is 6.54 Å². The summed E-state index contributed by atoms with van der Waals surface area (Å²) in [6, 6.07) is 5.77. The van der Waals surface area contributed by atoms with Gasteiger partial charge in [-0.3, -0.25) is 4.68 Å². The lowest BCUT2D eigenvalue weighted by Crippen LogP contribution is -2.04. The van der Waals surface area contributed by atoms with E-state index in [1.54, 1.807) is 7.11 Å². The number of benzene rings is 1. The zero-order valence-electron chi connectivity index (χ0n) is 12.3. The summed E-state index contributed by atoms with van der Waals surface area (Å²) in [5.74, 6) is 6.21. The standard InChI is InChI=1S/C16H17ClN2O2/c1-11-16(17)12(2)19(18-11)10-13-6-7-15(21-3)14(9-13)5-4-8-20/h6-7,9,20H,8,10H2,1-3H3. The quantitative estimate of drug-likeness (QED) is 0.887. The average molecular weight is 305 g/mol. The molecule has 0 radical (unpaired) electrons. The molecule has 0 saturated carbocycles. The Morgan fingerprint density at radius 3 is 2.71 bits per heavy atom. The SMILES string of the molecule is COc1ccc(Cn2nc(C)c(Cl)c2C)cc1C#CCO. The van der Waals surface area contributed by atoms with Crippen LogP contribution in [0.4, 0.5) is 0 Å². The van der Waals surface area contributed by atoms with E-state index >= 15 is 0 Å². The van der Waals surface area contributed by atoms with Crippen LogP contribution in [0.15, 0.2) is 18.2 Å². The fourth-order valence-electron chi connectivity index (χ4n) is 2.09. The monoisotopic (exact) mass is 304 g/mol. The van der Waals surface area contributed by atoms with Crippen LogP contribution in [0.2, 0.25) is 5.02 Å². The Balaban J connectivity index is 2.34. The maximum atomic E-state index is 8.82. The Morgan fingerprint density at radius 2 is 2.14 bits per heavy atom. The van der Waals surface area contributed by atoms with Crippen molar-refractivity contribution in [1.82, 2.24) is 9.78 Å². The Hall–Kier alpha value is -1.96. The maximum Gasteiger partial charge on any atom is 0.134 e. The third kappa shape index (κ3) is 3.38. The Kier molecular flexibility index (Phi) is 4.89. The number of ether oxygens (including phenoxy) is 1. The van der Waals surface area contributed by atoms with Crippen molar-refractivity contribution < 1.29 is 9.84 Å². The van der Waals surface area contributed by atoms with Gasteiger partial charge < -0.3 is 9.84 Å². The molecule has 0 bridgehead atoms. The summed E-state index contributed by atoms with van der Waals surface area (Å²) in [7, 11) is 1.60. The van der Waals surface area contributed by atoms with E-state index < -0.39 is 0 Å². The first kappa shape index (κ1) is 15.4. The molecular weight excluding hydrogens is 288 g/mol. The second-order valence-electron chi connectivity index (χ2n) is 4.64. The van der Waals surface area contributed by atoms with Gasteiger partial charge in [0.15, 0.2) is 0 Å². The van der Waals surface area contributed by atoms with Gasteiger partial charge in [0.05, 0.1) is 35.6 Å². The largest absolute Gasteiger partial charge is 0.495 e. The van der Waals surface area contributed by atoms with Gasteiger partial charge >= 0.3 is 0 Å². The van der Waals surface area contributed by atoms with Crippen LogP contribution in [0.25, 0.3) is 0 Å². The molecule has 0 atom stereocenters. The van der Waals surface area contributed by atoms with Crippen LogP contribution < -0.4 is 4.74 Å². The van der Waals surface area contributed by atoms with E-state index in [4.69, 9.17) is 21.4 Å². The zero-order valence-corrected chi connectivity index (χ0v) is 13.0. The molecule has 0 aliphatic carbocycles. The summed E-state index contributed by atoms with van der Waals surface area (Å²) in [6.07, 6.45) is 0. The Labute approximate surface area is 129 Å². The van der Waals surface area contributed by atoms with Crippen LogP contribution in [0.5, 0.6) is 5.75 Å². The molecule has 0 aliphatic heterocycles. The molecule has 1 aromatic carbocycles. The van der Waals surface area contributed by atoms with E-state index in [9.17, 15) is 0 Å². The van der Waals surface area contributed by atoms with E-state index in [1.165, 1.54) is 0 Å². The molecule has 2 aromatic rings. The molecule has 0 fully saturated rings. The van der Waals surface area contributed by atoms with Crippen molar-refractivity contribution in [2.24, 2.45) is 0 Å². The number of rotatable bonds is 3. The molecule has 1 heterocycles. The van der Waals surface area contributed by atoms with Crippen molar-refractivity contribution in [1.29, 1.82) is 0 Å². The molecule has 1 N–H and O–H groups in total. The zero-order chi connectivity index (χ0) is 15.4. The van der Waals surface area contributed by atoms with Crippen molar-refractivity contribution in [2.75, 3.05) is 13.7 Å². The number of hydrogen-bond acceptors (Lipinski definition) is 3. The summed E-state index contributed by atoms with van der Waals surface area (Å²) in [4.78, 5) is 0. The second kappa shape index (κ2) is 6.66. The number of hydrogen-bond donors (Lipinski definition) is 1. The summed E-state index contributed by atoms with van der Waals surface area (Å²) in [5, 5.41) is 13.9. The number of nitrogens with zero attached hydrogens (tertiary/aromatic N) is 2. The van der Waals surface area contributed by atoms with Gasteiger partial charge in [-0.2, -0.15) is 5.10 Å². The van der Waals surface area contributed by atoms with E-state index in [-0.39, 0.29) is 6.61 Å². The molecule has 1 aromatic heterocycles. The van der Waals surface area contributed by atoms with Gasteiger partial charge in [0.2, 0.25) is 0 Å². The highest BCUT2D eigenvalue weighted by molar-refractivity contribution is 6.31. The van der Waals surface area contributed by atoms with Crippen LogP contribution in [0, 0.1) is 25.7 Å². The number of methoxy groups -OCH3 is 1. The number of aliphatic hydroxyl groups is 1. The van der Waals surface area contributed by atoms with Crippen LogP contribution >= 0.6 is 11.6 Å². The van der Waals surface area contributed by atoms with E-state index in [2.05, 4.69) is 16.9 Å². The average Bonchev–Trinajstić information content (AvgIpc) is 2.72. The van der Waals surface area contributed by atoms with Crippen molar-refractivity contribution in [2.45, 2.75) is 20.4 Å². The minimum absolute atomic E-state index is 0.180. The molecule has 5 heteroatoms. The minimum atomic E-state index is -0.180. The second-order valence-corrected chi connectivity index (χ2v) is 5.01. The van der Waals surface area contributed by atoms with E-state index in [0.29, 0.717) is 17.3 Å². The first-order valence-electron chi connectivity index (χ1n) is 6.53. The summed E-state index contributed by atoms with van der Waals surface area (Å²) < 4.78 is 7.13. The molecule has 4 nitrogen and oxygen atoms in total. The molecule has 0 amide bonds. The van der Waals surface area contributed by atoms with Gasteiger partial charge in [0.25, 0.3) is 0 Å². The first-order chi connectivity index (χ1) is 10.1. The highest BCUT2D eigenvalue weighted by atomic mass is 35.5. The lowest BCUT2D eigenvalue weighted by molar-refractivity contribution is 0.350. The fourth-order valence-corrected chi connectivity index (χ4v) is 2.22. The summed E-state index contributed by atoms with van der Waals surface area (Å²) in [5.41, 5.74) is 3.55. The smallest absolute Gasteiger partial charge is 0.134 e. The normalized spacial score (nSPS) is 10.1. The lowest BCUT2D eigenvalue weighted by atomic mass is 10.1. The fraction of sp³-hybridized carbons (Fsp3) is 0.312. The predicted octanol–water partition coefficient (Wildman–Crippen LogP) is 2.55. The number of halogens is 1. The third-order valence-corrected chi connectivity index (χ3v) is 3.74. The van der Waals surface area contributed by atoms with Gasteiger partial charge in [-0.1, -0.05) is 29.5 Å². The van der Waals surface area contributed by atoms with Crippen molar-refractivity contribution in [3.63, 3.8) is 0 Å². The van der Waals surface area contributed by atoms with Gasteiger partial charge in [0.1, 0.15) is 12.4 Å². The first-order valence-corrected chi connectivity index (χ1v) is 6.90. The molecular formula is C16H17ClN2O2. The van der Waals surface area contributed by atoms with Crippen molar-refractivity contribution in [3.8, 4) is 17.6 Å². The summed E-state index contributed by atoms with van der Waals surface area (Å²) >= 11 is 6.16. The van der Waals surface area contributed by atoms with Crippen molar-refractivity contribution >= 4 is 11.6 Å². The molecule has 0 aliphatic rings. The topological polar surface area (TPSA) is 47.3 Å². The van der Waals surface area contributed by atoms with Crippen LogP contribution in [-0.4, -0.2) is 28.6 Å². The molecule has 2 rings (SSSR count). The van der Waals surface area contributed by atoms with Gasteiger partial charge in [-0.15, -0.1) is 0 Å². The van der Waals surface area contributed by atoms with Gasteiger partial charge in [-0.05, 0) is 31.5 Å². The molecule has 21 heavy (non-hydrogen) atoms. The molecule has 110 valence electrons. The number of aromatic nitrogens is 2. The van der Waals surface area contributed by atoms with Crippen molar-refractivity contribution in [3.05, 3.63) is 45.7 Å². The lowest BCUT2D eigenvalue weighted by Gasteiger charge is -2.08. The molecule has 0 saturated heterocycles. The third-order valence-electron chi connectivity index (χ3n) is 3.19. The predicted molar refractivity (Wildman–Crippen MR) is 82.8 cm³/mol.